The van der Waals surface area contributed by atoms with Crippen molar-refractivity contribution in [2.45, 2.75) is 19.3 Å². The van der Waals surface area contributed by atoms with Crippen LogP contribution < -0.4 is 0 Å². The number of aromatic nitrogens is 2. The number of benzene rings is 8. The van der Waals surface area contributed by atoms with Gasteiger partial charge in [-0.25, -0.2) is 9.97 Å². The smallest absolute Gasteiger partial charge is 0.161 e. The minimum absolute atomic E-state index is 0.164. The lowest BCUT2D eigenvalue weighted by Gasteiger charge is -2.25. The van der Waals surface area contributed by atoms with Gasteiger partial charge in [0.25, 0.3) is 0 Å². The van der Waals surface area contributed by atoms with Gasteiger partial charge in [-0.15, -0.1) is 11.3 Å². The van der Waals surface area contributed by atoms with Crippen LogP contribution in [0.5, 0.6) is 0 Å². The zero-order chi connectivity index (χ0) is 36.0. The van der Waals surface area contributed by atoms with E-state index in [1.54, 1.807) is 0 Å². The molecule has 1 aliphatic rings. The lowest BCUT2D eigenvalue weighted by atomic mass is 9.78. The fourth-order valence-corrected chi connectivity index (χ4v) is 10.1. The second-order valence-electron chi connectivity index (χ2n) is 14.9. The van der Waals surface area contributed by atoms with Crippen LogP contribution in [-0.2, 0) is 5.41 Å². The second kappa shape index (κ2) is 11.8. The summed E-state index contributed by atoms with van der Waals surface area (Å²) in [6, 6.07) is 61.6. The summed E-state index contributed by atoms with van der Waals surface area (Å²) in [6.07, 6.45) is 0. The van der Waals surface area contributed by atoms with E-state index in [0.717, 1.165) is 39.3 Å². The maximum atomic E-state index is 5.34. The van der Waals surface area contributed by atoms with Gasteiger partial charge in [-0.2, -0.15) is 0 Å². The molecule has 0 fully saturated rings. The van der Waals surface area contributed by atoms with Crippen LogP contribution in [0, 0.1) is 0 Å². The molecule has 54 heavy (non-hydrogen) atoms. The molecule has 11 rings (SSSR count). The molecule has 0 N–H and O–H groups in total. The van der Waals surface area contributed by atoms with Gasteiger partial charge < -0.3 is 0 Å². The van der Waals surface area contributed by atoms with Crippen molar-refractivity contribution in [3.63, 3.8) is 0 Å². The molecule has 254 valence electrons. The highest BCUT2D eigenvalue weighted by atomic mass is 32.1. The summed E-state index contributed by atoms with van der Waals surface area (Å²) < 4.78 is 2.56. The summed E-state index contributed by atoms with van der Waals surface area (Å²) in [4.78, 5) is 10.6. The molecule has 10 aromatic rings. The molecule has 0 saturated carbocycles. The third-order valence-electron chi connectivity index (χ3n) is 11.5. The van der Waals surface area contributed by atoms with E-state index >= 15 is 0 Å². The predicted molar refractivity (Wildman–Crippen MR) is 229 cm³/mol. The Morgan fingerprint density at radius 3 is 1.91 bits per heavy atom. The highest BCUT2D eigenvalue weighted by Gasteiger charge is 2.38. The molecule has 3 heteroatoms. The van der Waals surface area contributed by atoms with Crippen molar-refractivity contribution >= 4 is 53.1 Å². The molecular weight excluding hydrogens is 673 g/mol. The topological polar surface area (TPSA) is 25.8 Å². The largest absolute Gasteiger partial charge is 0.228 e. The monoisotopic (exact) mass is 706 g/mol. The van der Waals surface area contributed by atoms with Gasteiger partial charge in [-0.05, 0) is 79.2 Å². The van der Waals surface area contributed by atoms with Crippen molar-refractivity contribution in [1.82, 2.24) is 9.97 Å². The van der Waals surface area contributed by atoms with E-state index in [-0.39, 0.29) is 5.41 Å². The Morgan fingerprint density at radius 1 is 0.426 bits per heavy atom. The van der Waals surface area contributed by atoms with E-state index in [1.165, 1.54) is 69.7 Å². The molecule has 2 aromatic heterocycles. The first-order valence-corrected chi connectivity index (χ1v) is 19.4. The molecule has 0 radical (unpaired) electrons. The SMILES string of the molecule is CC1(C)c2ccc3ccccc3c2-c2cccc(-c3ccc(-c4nc(-c5ccccc5)cc(-c5ccc6c(c5)sc5ccccc56)n4)c4ccccc34)c21. The minimum atomic E-state index is -0.164. The van der Waals surface area contributed by atoms with Crippen LogP contribution in [0.15, 0.2) is 170 Å². The molecule has 0 bridgehead atoms. The van der Waals surface area contributed by atoms with Crippen LogP contribution in [0.1, 0.15) is 25.0 Å². The Balaban J connectivity index is 1.11. The van der Waals surface area contributed by atoms with Crippen molar-refractivity contribution in [1.29, 1.82) is 0 Å². The Labute approximate surface area is 318 Å². The summed E-state index contributed by atoms with van der Waals surface area (Å²) in [5, 5.41) is 7.52. The van der Waals surface area contributed by atoms with Crippen molar-refractivity contribution in [2.24, 2.45) is 0 Å². The quantitative estimate of drug-likeness (QED) is 0.182. The first-order chi connectivity index (χ1) is 26.5. The van der Waals surface area contributed by atoms with Gasteiger partial charge in [0.1, 0.15) is 0 Å². The molecule has 2 nitrogen and oxygen atoms in total. The van der Waals surface area contributed by atoms with Gasteiger partial charge in [0.15, 0.2) is 5.82 Å². The van der Waals surface area contributed by atoms with E-state index in [2.05, 4.69) is 184 Å². The third-order valence-corrected chi connectivity index (χ3v) is 12.6. The minimum Gasteiger partial charge on any atom is -0.228 e. The standard InChI is InChI=1S/C51H34N2S/c1-51(2)43-28-24-31-13-6-7-16-34(31)48(43)42-21-12-20-40(49(42)51)37-26-27-41(36-18-9-8-17-35(36)37)50-52-44(32-14-4-3-5-15-32)30-45(53-50)33-23-25-39-38-19-10-11-22-46(38)54-47(39)29-33/h3-30H,1-2H3. The fourth-order valence-electron chi connectivity index (χ4n) is 8.96. The first-order valence-electron chi connectivity index (χ1n) is 18.6. The zero-order valence-corrected chi connectivity index (χ0v) is 30.8. The number of hydrogen-bond donors (Lipinski definition) is 0. The highest BCUT2D eigenvalue weighted by molar-refractivity contribution is 7.25. The zero-order valence-electron chi connectivity index (χ0n) is 30.0. The summed E-state index contributed by atoms with van der Waals surface area (Å²) in [5.74, 6) is 0.725. The van der Waals surface area contributed by atoms with Crippen molar-refractivity contribution in [2.75, 3.05) is 0 Å². The molecule has 2 heterocycles. The maximum absolute atomic E-state index is 5.34. The Bertz CT molecular complexity index is 3130. The molecule has 0 saturated heterocycles. The van der Waals surface area contributed by atoms with Crippen molar-refractivity contribution in [3.8, 4) is 56.2 Å². The van der Waals surface area contributed by atoms with Gasteiger partial charge in [-0.1, -0.05) is 159 Å². The molecule has 8 aromatic carbocycles. The molecular formula is C51H34N2S. The van der Waals surface area contributed by atoms with Crippen molar-refractivity contribution < 1.29 is 0 Å². The Morgan fingerprint density at radius 2 is 1.07 bits per heavy atom. The summed E-state index contributed by atoms with van der Waals surface area (Å²) in [7, 11) is 0. The summed E-state index contributed by atoms with van der Waals surface area (Å²) in [5.41, 5.74) is 12.8. The molecule has 0 amide bonds. The van der Waals surface area contributed by atoms with Crippen LogP contribution in [0.2, 0.25) is 0 Å². The molecule has 0 aliphatic heterocycles. The van der Waals surface area contributed by atoms with Gasteiger partial charge >= 0.3 is 0 Å². The van der Waals surface area contributed by atoms with E-state index in [1.807, 2.05) is 11.3 Å². The van der Waals surface area contributed by atoms with Gasteiger partial charge in [0.05, 0.1) is 11.4 Å². The van der Waals surface area contributed by atoms with Crippen LogP contribution in [0.3, 0.4) is 0 Å². The summed E-state index contributed by atoms with van der Waals surface area (Å²) in [6.45, 7) is 4.76. The fraction of sp³-hybridized carbons (Fsp3) is 0.0588. The normalized spacial score (nSPS) is 13.1. The lowest BCUT2D eigenvalue weighted by Crippen LogP contribution is -2.16. The van der Waals surface area contributed by atoms with Gasteiger partial charge in [0, 0.05) is 42.3 Å². The Hall–Kier alpha value is -6.42. The Kier molecular flexibility index (Phi) is 6.80. The number of fused-ring (bicyclic) bond motifs is 9. The molecule has 1 aliphatic carbocycles. The second-order valence-corrected chi connectivity index (χ2v) is 16.0. The number of thiophene rings is 1. The molecule has 0 spiro atoms. The number of hydrogen-bond acceptors (Lipinski definition) is 3. The van der Waals surface area contributed by atoms with Crippen molar-refractivity contribution in [3.05, 3.63) is 181 Å². The molecule has 0 atom stereocenters. The van der Waals surface area contributed by atoms with Gasteiger partial charge in [0.2, 0.25) is 0 Å². The van der Waals surface area contributed by atoms with Crippen LogP contribution in [0.25, 0.3) is 97.9 Å². The van der Waals surface area contributed by atoms with E-state index < -0.39 is 0 Å². The molecule has 0 unspecified atom stereocenters. The third kappa shape index (κ3) is 4.65. The van der Waals surface area contributed by atoms with E-state index in [9.17, 15) is 0 Å². The average molecular weight is 707 g/mol. The maximum Gasteiger partial charge on any atom is 0.161 e. The van der Waals surface area contributed by atoms with Crippen LogP contribution >= 0.6 is 11.3 Å². The van der Waals surface area contributed by atoms with Gasteiger partial charge in [-0.3, -0.25) is 0 Å². The predicted octanol–water partition coefficient (Wildman–Crippen LogP) is 14.1. The first kappa shape index (κ1) is 31.1. The number of nitrogens with zero attached hydrogens (tertiary/aromatic N) is 2. The highest BCUT2D eigenvalue weighted by Crippen LogP contribution is 2.55. The average Bonchev–Trinajstić information content (AvgIpc) is 3.72. The van der Waals surface area contributed by atoms with Crippen LogP contribution in [0.4, 0.5) is 0 Å². The van der Waals surface area contributed by atoms with Crippen LogP contribution in [-0.4, -0.2) is 9.97 Å². The lowest BCUT2D eigenvalue weighted by molar-refractivity contribution is 0.662. The van der Waals surface area contributed by atoms with E-state index in [0.29, 0.717) is 0 Å². The number of rotatable bonds is 4. The van der Waals surface area contributed by atoms with E-state index in [4.69, 9.17) is 9.97 Å². The summed E-state index contributed by atoms with van der Waals surface area (Å²) >= 11 is 1.83.